The molecule has 0 saturated carbocycles. The SMILES string of the molecule is CC(Cc1ccc(-c2cc(F)c(-c3ccc(C#N)c(F)c3)c(F)c2)cc1)c1ccccc1. The molecule has 4 rings (SSSR count). The van der Waals surface area contributed by atoms with E-state index in [1.165, 1.54) is 29.8 Å². The third-order valence-corrected chi connectivity index (χ3v) is 5.62. The summed E-state index contributed by atoms with van der Waals surface area (Å²) in [6, 6.07) is 25.6. The van der Waals surface area contributed by atoms with Gasteiger partial charge in [0.25, 0.3) is 0 Å². The van der Waals surface area contributed by atoms with Crippen LogP contribution >= 0.6 is 0 Å². The first-order valence-electron chi connectivity index (χ1n) is 10.3. The van der Waals surface area contributed by atoms with Gasteiger partial charge in [0.15, 0.2) is 0 Å². The highest BCUT2D eigenvalue weighted by Crippen LogP contribution is 2.32. The molecule has 1 nitrogen and oxygen atoms in total. The van der Waals surface area contributed by atoms with Gasteiger partial charge in [-0.2, -0.15) is 5.26 Å². The van der Waals surface area contributed by atoms with E-state index in [1.54, 1.807) is 6.07 Å². The fourth-order valence-corrected chi connectivity index (χ4v) is 3.86. The van der Waals surface area contributed by atoms with Crippen LogP contribution in [0.5, 0.6) is 0 Å². The Hall–Kier alpha value is -3.84. The van der Waals surface area contributed by atoms with E-state index in [-0.39, 0.29) is 16.7 Å². The van der Waals surface area contributed by atoms with E-state index < -0.39 is 17.5 Å². The molecule has 0 aliphatic rings. The Balaban J connectivity index is 1.58. The molecule has 0 fully saturated rings. The zero-order chi connectivity index (χ0) is 22.7. The van der Waals surface area contributed by atoms with Crippen molar-refractivity contribution in [1.82, 2.24) is 0 Å². The lowest BCUT2D eigenvalue weighted by atomic mass is 9.92. The summed E-state index contributed by atoms with van der Waals surface area (Å²) in [4.78, 5) is 0. The molecule has 1 atom stereocenters. The van der Waals surface area contributed by atoms with E-state index in [1.807, 2.05) is 42.5 Å². The summed E-state index contributed by atoms with van der Waals surface area (Å²) in [5.74, 6) is -2.03. The largest absolute Gasteiger partial charge is 0.206 e. The Morgan fingerprint density at radius 2 is 1.31 bits per heavy atom. The van der Waals surface area contributed by atoms with Crippen LogP contribution in [0.15, 0.2) is 84.9 Å². The minimum absolute atomic E-state index is 0.0493. The van der Waals surface area contributed by atoms with Gasteiger partial charge in [-0.05, 0) is 64.4 Å². The standard InChI is InChI=1S/C28H20F3N/c1-18(20-5-3-2-4-6-20)13-19-7-9-21(10-8-19)24-15-26(30)28(27(31)16-24)22-11-12-23(17-32)25(29)14-22/h2-12,14-16,18H,13H2,1H3. The molecule has 0 spiro atoms. The second kappa shape index (κ2) is 9.11. The van der Waals surface area contributed by atoms with Crippen LogP contribution in [0.25, 0.3) is 22.3 Å². The maximum Gasteiger partial charge on any atom is 0.141 e. The number of hydrogen-bond donors (Lipinski definition) is 0. The predicted molar refractivity (Wildman–Crippen MR) is 120 cm³/mol. The summed E-state index contributed by atoms with van der Waals surface area (Å²) in [5.41, 5.74) is 3.05. The molecule has 0 amide bonds. The van der Waals surface area contributed by atoms with Gasteiger partial charge in [0, 0.05) is 0 Å². The van der Waals surface area contributed by atoms with Gasteiger partial charge in [-0.15, -0.1) is 0 Å². The number of nitriles is 1. The molecule has 4 aromatic rings. The van der Waals surface area contributed by atoms with Crippen LogP contribution in [-0.2, 0) is 6.42 Å². The van der Waals surface area contributed by atoms with Gasteiger partial charge in [0.1, 0.15) is 23.5 Å². The Morgan fingerprint density at radius 1 is 0.719 bits per heavy atom. The fourth-order valence-electron chi connectivity index (χ4n) is 3.86. The second-order valence-corrected chi connectivity index (χ2v) is 7.83. The molecule has 0 aliphatic carbocycles. The Kier molecular flexibility index (Phi) is 6.09. The van der Waals surface area contributed by atoms with E-state index >= 15 is 0 Å². The molecular weight excluding hydrogens is 407 g/mol. The van der Waals surface area contributed by atoms with E-state index in [0.717, 1.165) is 18.1 Å². The molecule has 0 heterocycles. The third kappa shape index (κ3) is 4.43. The van der Waals surface area contributed by atoms with Gasteiger partial charge >= 0.3 is 0 Å². The van der Waals surface area contributed by atoms with Gasteiger partial charge in [-0.3, -0.25) is 0 Å². The Bertz CT molecular complexity index is 1270. The first-order chi connectivity index (χ1) is 15.5. The van der Waals surface area contributed by atoms with E-state index in [0.29, 0.717) is 17.0 Å². The predicted octanol–water partition coefficient (Wildman–Crippen LogP) is 7.66. The van der Waals surface area contributed by atoms with Crippen molar-refractivity contribution in [1.29, 1.82) is 5.26 Å². The van der Waals surface area contributed by atoms with Crippen LogP contribution in [0, 0.1) is 28.8 Å². The minimum Gasteiger partial charge on any atom is -0.206 e. The summed E-state index contributed by atoms with van der Waals surface area (Å²) in [6.45, 7) is 2.17. The maximum atomic E-state index is 14.8. The molecule has 0 bridgehead atoms. The van der Waals surface area contributed by atoms with Gasteiger partial charge in [-0.1, -0.05) is 67.6 Å². The molecule has 0 saturated heterocycles. The van der Waals surface area contributed by atoms with Crippen LogP contribution < -0.4 is 0 Å². The van der Waals surface area contributed by atoms with E-state index in [2.05, 4.69) is 19.1 Å². The zero-order valence-electron chi connectivity index (χ0n) is 17.4. The normalized spacial score (nSPS) is 11.7. The molecule has 0 radical (unpaired) electrons. The maximum absolute atomic E-state index is 14.8. The van der Waals surface area contributed by atoms with Crippen molar-refractivity contribution in [3.8, 4) is 28.3 Å². The van der Waals surface area contributed by atoms with Crippen molar-refractivity contribution in [2.75, 3.05) is 0 Å². The first kappa shape index (κ1) is 21.4. The van der Waals surface area contributed by atoms with Crippen LogP contribution in [-0.4, -0.2) is 0 Å². The topological polar surface area (TPSA) is 23.8 Å². The molecule has 0 aromatic heterocycles. The highest BCUT2D eigenvalue weighted by molar-refractivity contribution is 5.72. The van der Waals surface area contributed by atoms with Crippen LogP contribution in [0.3, 0.4) is 0 Å². The van der Waals surface area contributed by atoms with E-state index in [9.17, 15) is 13.2 Å². The molecule has 32 heavy (non-hydrogen) atoms. The zero-order valence-corrected chi connectivity index (χ0v) is 17.4. The van der Waals surface area contributed by atoms with Gasteiger partial charge in [-0.25, -0.2) is 13.2 Å². The quantitative estimate of drug-likeness (QED) is 0.321. The molecule has 0 aliphatic heterocycles. The van der Waals surface area contributed by atoms with Crippen molar-refractivity contribution in [2.45, 2.75) is 19.3 Å². The smallest absolute Gasteiger partial charge is 0.141 e. The third-order valence-electron chi connectivity index (χ3n) is 5.62. The first-order valence-corrected chi connectivity index (χ1v) is 10.3. The highest BCUT2D eigenvalue weighted by atomic mass is 19.1. The van der Waals surface area contributed by atoms with E-state index in [4.69, 9.17) is 5.26 Å². The summed E-state index contributed by atoms with van der Waals surface area (Å²) in [7, 11) is 0. The lowest BCUT2D eigenvalue weighted by Gasteiger charge is -2.13. The number of nitrogens with zero attached hydrogens (tertiary/aromatic N) is 1. The highest BCUT2D eigenvalue weighted by Gasteiger charge is 2.16. The minimum atomic E-state index is -0.812. The molecule has 0 N–H and O–H groups in total. The average molecular weight is 427 g/mol. The molecular formula is C28H20F3N. The molecule has 158 valence electrons. The van der Waals surface area contributed by atoms with Gasteiger partial charge < -0.3 is 0 Å². The summed E-state index contributed by atoms with van der Waals surface area (Å²) >= 11 is 0. The summed E-state index contributed by atoms with van der Waals surface area (Å²) < 4.78 is 43.5. The van der Waals surface area contributed by atoms with Crippen molar-refractivity contribution in [3.05, 3.63) is 119 Å². The molecule has 4 aromatic carbocycles. The number of rotatable bonds is 5. The van der Waals surface area contributed by atoms with Crippen molar-refractivity contribution < 1.29 is 13.2 Å². The van der Waals surface area contributed by atoms with Gasteiger partial charge in [0.2, 0.25) is 0 Å². The summed E-state index contributed by atoms with van der Waals surface area (Å²) in [5, 5.41) is 8.84. The van der Waals surface area contributed by atoms with Crippen molar-refractivity contribution in [3.63, 3.8) is 0 Å². The summed E-state index contributed by atoms with van der Waals surface area (Å²) in [6.07, 6.45) is 0.857. The van der Waals surface area contributed by atoms with Gasteiger partial charge in [0.05, 0.1) is 11.1 Å². The van der Waals surface area contributed by atoms with Crippen LogP contribution in [0.1, 0.15) is 29.5 Å². The van der Waals surface area contributed by atoms with Crippen molar-refractivity contribution >= 4 is 0 Å². The Labute approximate surface area is 185 Å². The fraction of sp³-hybridized carbons (Fsp3) is 0.107. The lowest BCUT2D eigenvalue weighted by Crippen LogP contribution is -1.98. The monoisotopic (exact) mass is 427 g/mol. The lowest BCUT2D eigenvalue weighted by molar-refractivity contribution is 0.589. The molecule has 4 heteroatoms. The number of benzene rings is 4. The van der Waals surface area contributed by atoms with Crippen molar-refractivity contribution in [2.24, 2.45) is 0 Å². The van der Waals surface area contributed by atoms with Crippen LogP contribution in [0.2, 0.25) is 0 Å². The number of hydrogen-bond acceptors (Lipinski definition) is 1. The second-order valence-electron chi connectivity index (χ2n) is 7.83. The number of halogens is 3. The Morgan fingerprint density at radius 3 is 1.91 bits per heavy atom. The van der Waals surface area contributed by atoms with Crippen LogP contribution in [0.4, 0.5) is 13.2 Å². The average Bonchev–Trinajstić information content (AvgIpc) is 2.80. The molecule has 1 unspecified atom stereocenters.